The first-order valence-electron chi connectivity index (χ1n) is 7.19. The zero-order chi connectivity index (χ0) is 15.7. The number of aromatic nitrogens is 2. The standard InChI is InChI=1S/C15H17N3O4/c19-5-1-4-17-9-16-12-7-11(2-3-13(12)17)18-8-10(15(21)22)6-14(18)20/h2-3,7,9-10,19H,1,4-6,8H2,(H,21,22). The summed E-state index contributed by atoms with van der Waals surface area (Å²) in [5, 5.41) is 17.9. The highest BCUT2D eigenvalue weighted by molar-refractivity contribution is 6.00. The summed E-state index contributed by atoms with van der Waals surface area (Å²) in [6, 6.07) is 5.48. The minimum absolute atomic E-state index is 0.0400. The molecule has 0 bridgehead atoms. The van der Waals surface area contributed by atoms with Crippen molar-refractivity contribution in [1.82, 2.24) is 9.55 Å². The lowest BCUT2D eigenvalue weighted by Gasteiger charge is -2.16. The van der Waals surface area contributed by atoms with E-state index in [0.717, 1.165) is 11.0 Å². The Kier molecular flexibility index (Phi) is 3.81. The SMILES string of the molecule is O=C(O)C1CC(=O)N(c2ccc3c(c2)ncn3CCCO)C1. The molecule has 0 radical (unpaired) electrons. The molecule has 1 aromatic heterocycles. The monoisotopic (exact) mass is 303 g/mol. The van der Waals surface area contributed by atoms with Crippen molar-refractivity contribution in [3.05, 3.63) is 24.5 Å². The van der Waals surface area contributed by atoms with Gasteiger partial charge >= 0.3 is 5.97 Å². The van der Waals surface area contributed by atoms with Crippen LogP contribution in [0.15, 0.2) is 24.5 Å². The van der Waals surface area contributed by atoms with Crippen molar-refractivity contribution in [2.45, 2.75) is 19.4 Å². The van der Waals surface area contributed by atoms with Gasteiger partial charge in [-0.05, 0) is 24.6 Å². The van der Waals surface area contributed by atoms with E-state index in [1.54, 1.807) is 12.4 Å². The van der Waals surface area contributed by atoms with E-state index >= 15 is 0 Å². The lowest BCUT2D eigenvalue weighted by molar-refractivity contribution is -0.141. The van der Waals surface area contributed by atoms with Gasteiger partial charge in [0, 0.05) is 31.8 Å². The van der Waals surface area contributed by atoms with Crippen molar-refractivity contribution in [3.63, 3.8) is 0 Å². The number of fused-ring (bicyclic) bond motifs is 1. The fourth-order valence-electron chi connectivity index (χ4n) is 2.76. The molecule has 1 unspecified atom stereocenters. The number of aliphatic hydroxyl groups excluding tert-OH is 1. The van der Waals surface area contributed by atoms with Gasteiger partial charge in [0.15, 0.2) is 0 Å². The third kappa shape index (κ3) is 2.55. The number of aryl methyl sites for hydroxylation is 1. The van der Waals surface area contributed by atoms with E-state index in [9.17, 15) is 9.59 Å². The number of amides is 1. The van der Waals surface area contributed by atoms with Crippen LogP contribution in [-0.2, 0) is 16.1 Å². The van der Waals surface area contributed by atoms with Crippen molar-refractivity contribution in [3.8, 4) is 0 Å². The van der Waals surface area contributed by atoms with Crippen molar-refractivity contribution in [2.75, 3.05) is 18.1 Å². The van der Waals surface area contributed by atoms with Crippen LogP contribution in [0.4, 0.5) is 5.69 Å². The average molecular weight is 303 g/mol. The third-order valence-corrected chi connectivity index (χ3v) is 3.95. The van der Waals surface area contributed by atoms with Gasteiger partial charge in [-0.2, -0.15) is 0 Å². The number of rotatable bonds is 5. The van der Waals surface area contributed by atoms with Crippen molar-refractivity contribution in [1.29, 1.82) is 0 Å². The number of hydrogen-bond acceptors (Lipinski definition) is 4. The second kappa shape index (κ2) is 5.76. The van der Waals surface area contributed by atoms with E-state index in [4.69, 9.17) is 10.2 Å². The molecule has 0 saturated carbocycles. The summed E-state index contributed by atoms with van der Waals surface area (Å²) < 4.78 is 1.95. The molecule has 1 saturated heterocycles. The van der Waals surface area contributed by atoms with Gasteiger partial charge < -0.3 is 19.7 Å². The summed E-state index contributed by atoms with van der Waals surface area (Å²) in [6.45, 7) is 0.998. The van der Waals surface area contributed by atoms with Gasteiger partial charge in [0.2, 0.25) is 5.91 Å². The Hall–Kier alpha value is -2.41. The molecule has 1 aliphatic heterocycles. The minimum atomic E-state index is -0.940. The van der Waals surface area contributed by atoms with E-state index in [1.165, 1.54) is 4.90 Å². The molecule has 22 heavy (non-hydrogen) atoms. The Balaban J connectivity index is 1.86. The number of carboxylic acids is 1. The first-order valence-corrected chi connectivity index (χ1v) is 7.19. The molecule has 2 heterocycles. The van der Waals surface area contributed by atoms with E-state index in [1.807, 2.05) is 16.7 Å². The van der Waals surface area contributed by atoms with Gasteiger partial charge in [-0.1, -0.05) is 0 Å². The van der Waals surface area contributed by atoms with Gasteiger partial charge in [-0.25, -0.2) is 4.98 Å². The zero-order valence-electron chi connectivity index (χ0n) is 12.0. The third-order valence-electron chi connectivity index (χ3n) is 3.95. The summed E-state index contributed by atoms with van der Waals surface area (Å²) in [5.74, 6) is -1.76. The topological polar surface area (TPSA) is 95.7 Å². The molecular weight excluding hydrogens is 286 g/mol. The van der Waals surface area contributed by atoms with Crippen molar-refractivity contribution < 1.29 is 19.8 Å². The molecule has 2 N–H and O–H groups in total. The Morgan fingerprint density at radius 1 is 1.41 bits per heavy atom. The van der Waals surface area contributed by atoms with Crippen LogP contribution in [0, 0.1) is 5.92 Å². The van der Waals surface area contributed by atoms with E-state index in [0.29, 0.717) is 18.7 Å². The molecule has 1 aliphatic rings. The van der Waals surface area contributed by atoms with Gasteiger partial charge in [0.1, 0.15) is 0 Å². The fourth-order valence-corrected chi connectivity index (χ4v) is 2.76. The van der Waals surface area contributed by atoms with E-state index in [2.05, 4.69) is 4.98 Å². The fraction of sp³-hybridized carbons (Fsp3) is 0.400. The van der Waals surface area contributed by atoms with Crippen LogP contribution in [0.2, 0.25) is 0 Å². The number of carboxylic acid groups (broad SMARTS) is 1. The lowest BCUT2D eigenvalue weighted by atomic mass is 10.1. The highest BCUT2D eigenvalue weighted by atomic mass is 16.4. The number of carbonyl (C=O) groups excluding carboxylic acids is 1. The first kappa shape index (κ1) is 14.5. The number of nitrogens with zero attached hydrogens (tertiary/aromatic N) is 3. The predicted molar refractivity (Wildman–Crippen MR) is 79.5 cm³/mol. The molecule has 1 atom stereocenters. The maximum atomic E-state index is 12.0. The normalized spacial score (nSPS) is 18.3. The van der Waals surface area contributed by atoms with Crippen LogP contribution < -0.4 is 4.90 Å². The molecule has 1 fully saturated rings. The molecule has 3 rings (SSSR count). The van der Waals surface area contributed by atoms with E-state index < -0.39 is 11.9 Å². The van der Waals surface area contributed by atoms with E-state index in [-0.39, 0.29) is 25.5 Å². The number of aliphatic carboxylic acids is 1. The molecular formula is C15H17N3O4. The number of imidazole rings is 1. The number of anilines is 1. The molecule has 7 nitrogen and oxygen atoms in total. The largest absolute Gasteiger partial charge is 0.481 e. The summed E-state index contributed by atoms with van der Waals surface area (Å²) in [5.41, 5.74) is 2.36. The molecule has 0 spiro atoms. The zero-order valence-corrected chi connectivity index (χ0v) is 12.0. The summed E-state index contributed by atoms with van der Waals surface area (Å²) >= 11 is 0. The molecule has 0 aliphatic carbocycles. The van der Waals surface area contributed by atoms with Crippen LogP contribution >= 0.6 is 0 Å². The minimum Gasteiger partial charge on any atom is -0.481 e. The summed E-state index contributed by atoms with van der Waals surface area (Å²) in [4.78, 5) is 28.8. The summed E-state index contributed by atoms with van der Waals surface area (Å²) in [7, 11) is 0. The van der Waals surface area contributed by atoms with Crippen molar-refractivity contribution >= 4 is 28.6 Å². The smallest absolute Gasteiger partial charge is 0.308 e. The Morgan fingerprint density at radius 2 is 2.23 bits per heavy atom. The molecule has 116 valence electrons. The van der Waals surface area contributed by atoms with Crippen LogP contribution in [0.5, 0.6) is 0 Å². The molecule has 2 aromatic rings. The van der Waals surface area contributed by atoms with Gasteiger partial charge in [0.05, 0.1) is 23.3 Å². The van der Waals surface area contributed by atoms with Crippen LogP contribution in [-0.4, -0.2) is 44.8 Å². The van der Waals surface area contributed by atoms with Crippen LogP contribution in [0.1, 0.15) is 12.8 Å². The van der Waals surface area contributed by atoms with Gasteiger partial charge in [-0.15, -0.1) is 0 Å². The molecule has 1 amide bonds. The number of aliphatic hydroxyl groups is 1. The number of benzene rings is 1. The summed E-state index contributed by atoms with van der Waals surface area (Å²) in [6.07, 6.45) is 2.40. The number of carbonyl (C=O) groups is 2. The Bertz CT molecular complexity index is 725. The second-order valence-electron chi connectivity index (χ2n) is 5.43. The second-order valence-corrected chi connectivity index (χ2v) is 5.43. The first-order chi connectivity index (χ1) is 10.6. The maximum absolute atomic E-state index is 12.0. The average Bonchev–Trinajstić information content (AvgIpc) is 3.08. The lowest BCUT2D eigenvalue weighted by Crippen LogP contribution is -2.25. The predicted octanol–water partition coefficient (Wildman–Crippen LogP) is 0.856. The highest BCUT2D eigenvalue weighted by Crippen LogP contribution is 2.28. The Morgan fingerprint density at radius 3 is 2.91 bits per heavy atom. The molecule has 1 aromatic carbocycles. The van der Waals surface area contributed by atoms with Gasteiger partial charge in [0.25, 0.3) is 0 Å². The highest BCUT2D eigenvalue weighted by Gasteiger charge is 2.35. The number of hydrogen-bond donors (Lipinski definition) is 2. The van der Waals surface area contributed by atoms with Crippen molar-refractivity contribution in [2.24, 2.45) is 5.92 Å². The molecule has 7 heteroatoms. The van der Waals surface area contributed by atoms with Crippen LogP contribution in [0.25, 0.3) is 11.0 Å². The maximum Gasteiger partial charge on any atom is 0.308 e. The van der Waals surface area contributed by atoms with Gasteiger partial charge in [-0.3, -0.25) is 9.59 Å². The quantitative estimate of drug-likeness (QED) is 0.854. The Labute approximate surface area is 126 Å². The van der Waals surface area contributed by atoms with Crippen LogP contribution in [0.3, 0.4) is 0 Å².